The predicted octanol–water partition coefficient (Wildman–Crippen LogP) is 1.65. The van der Waals surface area contributed by atoms with Crippen LogP contribution in [0.5, 0.6) is 0 Å². The van der Waals surface area contributed by atoms with Crippen LogP contribution in [0.2, 0.25) is 0 Å². The van der Waals surface area contributed by atoms with Gasteiger partial charge in [-0.25, -0.2) is 4.39 Å². The van der Waals surface area contributed by atoms with Crippen molar-refractivity contribution in [1.82, 2.24) is 10.6 Å². The van der Waals surface area contributed by atoms with Gasteiger partial charge in [-0.15, -0.1) is 0 Å². The second kappa shape index (κ2) is 8.60. The summed E-state index contributed by atoms with van der Waals surface area (Å²) in [6, 6.07) is 4.23. The number of carbonyl (C=O) groups excluding carboxylic acids is 3. The largest absolute Gasteiger partial charge is 0.464 e. The average Bonchev–Trinajstić information content (AvgIpc) is 3.40. The van der Waals surface area contributed by atoms with E-state index in [1.807, 2.05) is 0 Å². The second-order valence-electron chi connectivity index (χ2n) is 6.55. The molecule has 0 bridgehead atoms. The van der Waals surface area contributed by atoms with Gasteiger partial charge in [-0.3, -0.25) is 14.4 Å². The van der Waals surface area contributed by atoms with E-state index in [1.165, 1.54) is 24.3 Å². The second-order valence-corrected chi connectivity index (χ2v) is 6.55. The van der Waals surface area contributed by atoms with Crippen molar-refractivity contribution < 1.29 is 23.5 Å². The fourth-order valence-corrected chi connectivity index (χ4v) is 2.18. The molecule has 7 heteroatoms. The molecule has 2 rings (SSSR count). The maximum atomic E-state index is 12.9. The molecule has 1 aromatic rings. The summed E-state index contributed by atoms with van der Waals surface area (Å²) in [6.07, 6.45) is 2.15. The highest BCUT2D eigenvalue weighted by molar-refractivity contribution is 5.98. The molecule has 0 saturated heterocycles. The molecule has 1 fully saturated rings. The SMILES string of the molecule is CC(C)C(NC(=O)c1ccc(F)cc1)C(=O)NCC(=O)OCC1CC1. The van der Waals surface area contributed by atoms with Gasteiger partial charge in [-0.1, -0.05) is 13.8 Å². The summed E-state index contributed by atoms with van der Waals surface area (Å²) < 4.78 is 18.0. The first-order valence-electron chi connectivity index (χ1n) is 8.36. The zero-order valence-corrected chi connectivity index (χ0v) is 14.4. The first-order chi connectivity index (χ1) is 11.9. The fourth-order valence-electron chi connectivity index (χ4n) is 2.18. The monoisotopic (exact) mass is 350 g/mol. The molecule has 2 N–H and O–H groups in total. The van der Waals surface area contributed by atoms with Crippen LogP contribution in [0.15, 0.2) is 24.3 Å². The Bertz CT molecular complexity index is 626. The number of amides is 2. The number of halogens is 1. The Morgan fingerprint density at radius 1 is 1.20 bits per heavy atom. The van der Waals surface area contributed by atoms with Crippen molar-refractivity contribution >= 4 is 17.8 Å². The van der Waals surface area contributed by atoms with Crippen molar-refractivity contribution in [3.8, 4) is 0 Å². The standard InChI is InChI=1S/C18H23FN2O4/c1-11(2)16(21-17(23)13-5-7-14(19)8-6-13)18(24)20-9-15(22)25-10-12-3-4-12/h5-8,11-12,16H,3-4,9-10H2,1-2H3,(H,20,24)(H,21,23). The number of hydrogen-bond acceptors (Lipinski definition) is 4. The van der Waals surface area contributed by atoms with Gasteiger partial charge in [0.05, 0.1) is 6.61 Å². The summed E-state index contributed by atoms with van der Waals surface area (Å²) in [5.41, 5.74) is 0.253. The van der Waals surface area contributed by atoms with E-state index in [9.17, 15) is 18.8 Å². The summed E-state index contributed by atoms with van der Waals surface area (Å²) in [4.78, 5) is 36.0. The van der Waals surface area contributed by atoms with Crippen molar-refractivity contribution in [3.05, 3.63) is 35.6 Å². The Morgan fingerprint density at radius 2 is 1.84 bits per heavy atom. The minimum Gasteiger partial charge on any atom is -0.464 e. The number of esters is 1. The topological polar surface area (TPSA) is 84.5 Å². The molecule has 25 heavy (non-hydrogen) atoms. The van der Waals surface area contributed by atoms with E-state index in [1.54, 1.807) is 13.8 Å². The molecule has 1 unspecified atom stereocenters. The van der Waals surface area contributed by atoms with E-state index in [-0.39, 0.29) is 18.0 Å². The van der Waals surface area contributed by atoms with Gasteiger partial charge >= 0.3 is 5.97 Å². The van der Waals surface area contributed by atoms with Gasteiger partial charge in [0.25, 0.3) is 5.91 Å². The molecular formula is C18H23FN2O4. The highest BCUT2D eigenvalue weighted by Gasteiger charge is 2.26. The normalized spacial score (nSPS) is 14.7. The Labute approximate surface area is 146 Å². The highest BCUT2D eigenvalue weighted by atomic mass is 19.1. The van der Waals surface area contributed by atoms with E-state index in [2.05, 4.69) is 10.6 Å². The molecule has 1 aromatic carbocycles. The summed E-state index contributed by atoms with van der Waals surface area (Å²) >= 11 is 0. The molecule has 1 atom stereocenters. The first-order valence-corrected chi connectivity index (χ1v) is 8.36. The lowest BCUT2D eigenvalue weighted by Gasteiger charge is -2.21. The summed E-state index contributed by atoms with van der Waals surface area (Å²) in [7, 11) is 0. The van der Waals surface area contributed by atoms with Crippen LogP contribution in [0.3, 0.4) is 0 Å². The highest BCUT2D eigenvalue weighted by Crippen LogP contribution is 2.28. The molecule has 1 aliphatic rings. The van der Waals surface area contributed by atoms with E-state index >= 15 is 0 Å². The molecule has 136 valence electrons. The van der Waals surface area contributed by atoms with Crippen molar-refractivity contribution in [2.75, 3.05) is 13.2 Å². The van der Waals surface area contributed by atoms with Crippen molar-refractivity contribution in [1.29, 1.82) is 0 Å². The van der Waals surface area contributed by atoms with Gasteiger partial charge in [0.15, 0.2) is 0 Å². The maximum Gasteiger partial charge on any atom is 0.325 e. The summed E-state index contributed by atoms with van der Waals surface area (Å²) in [6.45, 7) is 3.71. The number of carbonyl (C=O) groups is 3. The minimum absolute atomic E-state index is 0.188. The third-order valence-electron chi connectivity index (χ3n) is 3.93. The number of benzene rings is 1. The molecule has 0 heterocycles. The van der Waals surface area contributed by atoms with Crippen LogP contribution >= 0.6 is 0 Å². The van der Waals surface area contributed by atoms with E-state index < -0.39 is 29.6 Å². The number of nitrogens with one attached hydrogen (secondary N) is 2. The molecule has 2 amide bonds. The van der Waals surface area contributed by atoms with Crippen molar-refractivity contribution in [3.63, 3.8) is 0 Å². The Hall–Kier alpha value is -2.44. The lowest BCUT2D eigenvalue weighted by Crippen LogP contribution is -2.50. The van der Waals surface area contributed by atoms with Gasteiger partial charge in [0.1, 0.15) is 18.4 Å². The Kier molecular flexibility index (Phi) is 6.50. The summed E-state index contributed by atoms with van der Waals surface area (Å²) in [5, 5.41) is 5.10. The van der Waals surface area contributed by atoms with E-state index in [4.69, 9.17) is 4.74 Å². The van der Waals surface area contributed by atoms with Crippen LogP contribution in [-0.4, -0.2) is 37.0 Å². The molecule has 1 aliphatic carbocycles. The van der Waals surface area contributed by atoms with Crippen LogP contribution in [0.1, 0.15) is 37.0 Å². The van der Waals surface area contributed by atoms with Crippen molar-refractivity contribution in [2.45, 2.75) is 32.7 Å². The quantitative estimate of drug-likeness (QED) is 0.698. The van der Waals surface area contributed by atoms with Crippen LogP contribution in [0.4, 0.5) is 4.39 Å². The van der Waals surface area contributed by atoms with E-state index in [0.29, 0.717) is 12.5 Å². The molecule has 0 radical (unpaired) electrons. The lowest BCUT2D eigenvalue weighted by molar-refractivity contribution is -0.144. The van der Waals surface area contributed by atoms with Crippen LogP contribution in [0, 0.1) is 17.7 Å². The van der Waals surface area contributed by atoms with Crippen LogP contribution < -0.4 is 10.6 Å². The molecule has 0 aliphatic heterocycles. The first kappa shape index (κ1) is 18.9. The van der Waals surface area contributed by atoms with Gasteiger partial charge in [0.2, 0.25) is 5.91 Å². The van der Waals surface area contributed by atoms with Crippen LogP contribution in [-0.2, 0) is 14.3 Å². The van der Waals surface area contributed by atoms with Gasteiger partial charge in [-0.2, -0.15) is 0 Å². The predicted molar refractivity (Wildman–Crippen MR) is 89.2 cm³/mol. The van der Waals surface area contributed by atoms with Crippen LogP contribution in [0.25, 0.3) is 0 Å². The number of hydrogen-bond donors (Lipinski definition) is 2. The van der Waals surface area contributed by atoms with Gasteiger partial charge in [-0.05, 0) is 48.9 Å². The number of ether oxygens (including phenoxy) is 1. The molecular weight excluding hydrogens is 327 g/mol. The summed E-state index contributed by atoms with van der Waals surface area (Å²) in [5.74, 6) is -1.61. The third kappa shape index (κ3) is 6.17. The Balaban J connectivity index is 1.85. The lowest BCUT2D eigenvalue weighted by atomic mass is 10.0. The molecule has 6 nitrogen and oxygen atoms in total. The third-order valence-corrected chi connectivity index (χ3v) is 3.93. The smallest absolute Gasteiger partial charge is 0.325 e. The Morgan fingerprint density at radius 3 is 2.40 bits per heavy atom. The zero-order valence-electron chi connectivity index (χ0n) is 14.4. The molecule has 0 aromatic heterocycles. The fraction of sp³-hybridized carbons (Fsp3) is 0.500. The van der Waals surface area contributed by atoms with Crippen molar-refractivity contribution in [2.24, 2.45) is 11.8 Å². The average molecular weight is 350 g/mol. The zero-order chi connectivity index (χ0) is 18.4. The van der Waals surface area contributed by atoms with E-state index in [0.717, 1.165) is 12.8 Å². The number of rotatable bonds is 8. The minimum atomic E-state index is -0.811. The van der Waals surface area contributed by atoms with Gasteiger partial charge < -0.3 is 15.4 Å². The molecule has 0 spiro atoms. The maximum absolute atomic E-state index is 12.9. The van der Waals surface area contributed by atoms with Gasteiger partial charge in [0, 0.05) is 5.56 Å². The molecule has 1 saturated carbocycles.